The Morgan fingerprint density at radius 3 is 2.74 bits per heavy atom. The van der Waals surface area contributed by atoms with Crippen LogP contribution in [0.25, 0.3) is 0 Å². The summed E-state index contributed by atoms with van der Waals surface area (Å²) in [4.78, 5) is 0. The largest absolute Gasteiger partial charge is 0.493 e. The third kappa shape index (κ3) is 4.39. The molecule has 0 spiro atoms. The fourth-order valence-electron chi connectivity index (χ4n) is 2.09. The highest BCUT2D eigenvalue weighted by Gasteiger charge is 2.19. The third-order valence-corrected chi connectivity index (χ3v) is 3.91. The molecule has 1 aromatic rings. The normalized spacial score (nSPS) is 15.0. The van der Waals surface area contributed by atoms with Gasteiger partial charge in [0.05, 0.1) is 6.61 Å². The average molecular weight is 282 g/mol. The second-order valence-electron chi connectivity index (χ2n) is 5.72. The van der Waals surface area contributed by atoms with Crippen LogP contribution >= 0.6 is 11.6 Å². The van der Waals surface area contributed by atoms with Crippen molar-refractivity contribution in [1.82, 2.24) is 5.32 Å². The Bertz CT molecular complexity index is 427. The number of benzene rings is 1. The molecule has 1 aromatic carbocycles. The second-order valence-corrected chi connectivity index (χ2v) is 6.13. The van der Waals surface area contributed by atoms with E-state index >= 15 is 0 Å². The summed E-state index contributed by atoms with van der Waals surface area (Å²) < 4.78 is 5.94. The van der Waals surface area contributed by atoms with E-state index in [1.54, 1.807) is 0 Å². The van der Waals surface area contributed by atoms with Gasteiger partial charge in [0, 0.05) is 11.1 Å². The summed E-state index contributed by atoms with van der Waals surface area (Å²) in [5, 5.41) is 4.33. The molecule has 1 aliphatic carbocycles. The maximum Gasteiger partial charge on any atom is 0.123 e. The molecule has 0 aliphatic heterocycles. The molecule has 0 bridgehead atoms. The van der Waals surface area contributed by atoms with E-state index in [4.69, 9.17) is 16.3 Å². The first-order valence-corrected chi connectivity index (χ1v) is 7.62. The molecular weight excluding hydrogens is 258 g/mol. The Hall–Kier alpha value is -0.730. The van der Waals surface area contributed by atoms with Gasteiger partial charge < -0.3 is 10.1 Å². The number of rotatable bonds is 7. The molecular formula is C16H24ClNO. The number of aryl methyl sites for hydroxylation is 1. The SMILES string of the molecule is Cc1cc(OCCCNC2CC2)c(C(C)C)cc1Cl. The molecule has 0 heterocycles. The number of nitrogens with one attached hydrogen (secondary N) is 1. The average Bonchev–Trinajstić information content (AvgIpc) is 3.16. The van der Waals surface area contributed by atoms with Crippen LogP contribution in [0.4, 0.5) is 0 Å². The van der Waals surface area contributed by atoms with Crippen LogP contribution in [0.2, 0.25) is 5.02 Å². The van der Waals surface area contributed by atoms with E-state index in [2.05, 4.69) is 25.2 Å². The van der Waals surface area contributed by atoms with Crippen molar-refractivity contribution in [2.24, 2.45) is 0 Å². The van der Waals surface area contributed by atoms with Crippen molar-refractivity contribution in [3.8, 4) is 5.75 Å². The lowest BCUT2D eigenvalue weighted by Crippen LogP contribution is -2.19. The Balaban J connectivity index is 1.88. The lowest BCUT2D eigenvalue weighted by Gasteiger charge is -2.16. The van der Waals surface area contributed by atoms with E-state index < -0.39 is 0 Å². The van der Waals surface area contributed by atoms with Crippen molar-refractivity contribution in [1.29, 1.82) is 0 Å². The minimum Gasteiger partial charge on any atom is -0.493 e. The van der Waals surface area contributed by atoms with Gasteiger partial charge in [-0.1, -0.05) is 25.4 Å². The summed E-state index contributed by atoms with van der Waals surface area (Å²) in [6.07, 6.45) is 3.74. The molecule has 2 rings (SSSR count). The van der Waals surface area contributed by atoms with Gasteiger partial charge in [0.2, 0.25) is 0 Å². The topological polar surface area (TPSA) is 21.3 Å². The van der Waals surface area contributed by atoms with Crippen LogP contribution in [0.3, 0.4) is 0 Å². The zero-order valence-electron chi connectivity index (χ0n) is 12.1. The summed E-state index contributed by atoms with van der Waals surface area (Å²) in [5.41, 5.74) is 2.28. The minimum absolute atomic E-state index is 0.428. The van der Waals surface area contributed by atoms with Crippen LogP contribution in [0, 0.1) is 6.92 Å². The van der Waals surface area contributed by atoms with Gasteiger partial charge in [0.15, 0.2) is 0 Å². The zero-order chi connectivity index (χ0) is 13.8. The van der Waals surface area contributed by atoms with Gasteiger partial charge in [0.25, 0.3) is 0 Å². The first-order chi connectivity index (χ1) is 9.08. The van der Waals surface area contributed by atoms with Crippen molar-refractivity contribution < 1.29 is 4.74 Å². The van der Waals surface area contributed by atoms with Crippen LogP contribution in [-0.4, -0.2) is 19.2 Å². The predicted molar refractivity (Wildman–Crippen MR) is 81.4 cm³/mol. The molecule has 106 valence electrons. The van der Waals surface area contributed by atoms with Crippen molar-refractivity contribution in [2.45, 2.75) is 52.0 Å². The first kappa shape index (κ1) is 14.7. The highest BCUT2D eigenvalue weighted by Crippen LogP contribution is 2.32. The molecule has 1 fully saturated rings. The first-order valence-electron chi connectivity index (χ1n) is 7.24. The quantitative estimate of drug-likeness (QED) is 0.753. The summed E-state index contributed by atoms with van der Waals surface area (Å²) in [5.74, 6) is 1.42. The standard InChI is InChI=1S/C16H24ClNO/c1-11(2)14-10-15(17)12(3)9-16(14)19-8-4-7-18-13-5-6-13/h9-11,13,18H,4-8H2,1-3H3. The number of hydrogen-bond acceptors (Lipinski definition) is 2. The van der Waals surface area contributed by atoms with E-state index in [9.17, 15) is 0 Å². The van der Waals surface area contributed by atoms with Crippen LogP contribution in [-0.2, 0) is 0 Å². The maximum atomic E-state index is 6.19. The monoisotopic (exact) mass is 281 g/mol. The van der Waals surface area contributed by atoms with Crippen molar-refractivity contribution in [2.75, 3.05) is 13.2 Å². The maximum absolute atomic E-state index is 6.19. The van der Waals surface area contributed by atoms with E-state index in [-0.39, 0.29) is 0 Å². The molecule has 0 saturated heterocycles. The molecule has 2 nitrogen and oxygen atoms in total. The minimum atomic E-state index is 0.428. The van der Waals surface area contributed by atoms with Crippen LogP contribution < -0.4 is 10.1 Å². The molecule has 19 heavy (non-hydrogen) atoms. The van der Waals surface area contributed by atoms with Gasteiger partial charge in [-0.15, -0.1) is 0 Å². The Morgan fingerprint density at radius 1 is 1.37 bits per heavy atom. The fraction of sp³-hybridized carbons (Fsp3) is 0.625. The Morgan fingerprint density at radius 2 is 2.11 bits per heavy atom. The molecule has 0 radical (unpaired) electrons. The van der Waals surface area contributed by atoms with Gasteiger partial charge in [-0.05, 0) is 61.9 Å². The van der Waals surface area contributed by atoms with Crippen molar-refractivity contribution in [3.05, 3.63) is 28.3 Å². The number of halogens is 1. The molecule has 0 amide bonds. The number of hydrogen-bond donors (Lipinski definition) is 1. The van der Waals surface area contributed by atoms with Crippen molar-refractivity contribution in [3.63, 3.8) is 0 Å². The number of ether oxygens (including phenoxy) is 1. The van der Waals surface area contributed by atoms with Crippen LogP contribution in [0.5, 0.6) is 5.75 Å². The molecule has 3 heteroatoms. The molecule has 0 aromatic heterocycles. The summed E-state index contributed by atoms with van der Waals surface area (Å²) in [6.45, 7) is 8.17. The fourth-order valence-corrected chi connectivity index (χ4v) is 2.27. The van der Waals surface area contributed by atoms with E-state index in [1.807, 2.05) is 13.0 Å². The van der Waals surface area contributed by atoms with Crippen LogP contribution in [0.1, 0.15) is 50.2 Å². The second kappa shape index (κ2) is 6.62. The van der Waals surface area contributed by atoms with E-state index in [0.717, 1.165) is 41.9 Å². The van der Waals surface area contributed by atoms with Gasteiger partial charge in [-0.3, -0.25) is 0 Å². The molecule has 1 saturated carbocycles. The lowest BCUT2D eigenvalue weighted by atomic mass is 10.0. The third-order valence-electron chi connectivity index (χ3n) is 3.50. The highest BCUT2D eigenvalue weighted by atomic mass is 35.5. The molecule has 0 unspecified atom stereocenters. The predicted octanol–water partition coefficient (Wildman–Crippen LogP) is 4.29. The van der Waals surface area contributed by atoms with Gasteiger partial charge in [0.1, 0.15) is 5.75 Å². The highest BCUT2D eigenvalue weighted by molar-refractivity contribution is 6.31. The van der Waals surface area contributed by atoms with Gasteiger partial charge in [-0.25, -0.2) is 0 Å². The summed E-state index contributed by atoms with van der Waals surface area (Å²) in [7, 11) is 0. The van der Waals surface area contributed by atoms with Gasteiger partial charge >= 0.3 is 0 Å². The zero-order valence-corrected chi connectivity index (χ0v) is 12.9. The van der Waals surface area contributed by atoms with E-state index in [0.29, 0.717) is 5.92 Å². The Labute approximate surface area is 121 Å². The van der Waals surface area contributed by atoms with Gasteiger partial charge in [-0.2, -0.15) is 0 Å². The molecule has 1 N–H and O–H groups in total. The lowest BCUT2D eigenvalue weighted by molar-refractivity contribution is 0.303. The molecule has 0 atom stereocenters. The smallest absolute Gasteiger partial charge is 0.123 e. The van der Waals surface area contributed by atoms with Crippen molar-refractivity contribution >= 4 is 11.6 Å². The molecule has 1 aliphatic rings. The summed E-state index contributed by atoms with van der Waals surface area (Å²) >= 11 is 6.19. The summed E-state index contributed by atoms with van der Waals surface area (Å²) in [6, 6.07) is 4.88. The van der Waals surface area contributed by atoms with Crippen LogP contribution in [0.15, 0.2) is 12.1 Å². The van der Waals surface area contributed by atoms with E-state index in [1.165, 1.54) is 18.4 Å². The Kier molecular flexibility index (Phi) is 5.12.